The number of hydrogen-bond acceptors (Lipinski definition) is 3. The maximum absolute atomic E-state index is 4.79. The Balaban J connectivity index is 3.25. The Morgan fingerprint density at radius 2 is 2.50 bits per heavy atom. The van der Waals surface area contributed by atoms with E-state index >= 15 is 0 Å². The third kappa shape index (κ3) is 5.30. The number of ether oxygens (including phenoxy) is 1. The van der Waals surface area contributed by atoms with Crippen LogP contribution in [0.1, 0.15) is 6.92 Å². The fourth-order valence-corrected chi connectivity index (χ4v) is 0.305. The summed E-state index contributed by atoms with van der Waals surface area (Å²) < 4.78 is 4.79. The minimum Gasteiger partial charge on any atom is -0.482 e. The molecule has 0 aliphatic carbocycles. The van der Waals surface area contributed by atoms with Gasteiger partial charge in [-0.3, -0.25) is 5.43 Å². The Labute approximate surface area is 65.6 Å². The topological polar surface area (TPSA) is 45.6 Å². The molecule has 0 bridgehead atoms. The first kappa shape index (κ1) is 9.16. The molecule has 0 radical (unpaired) electrons. The SMILES string of the molecule is CCOC=NNC(=S)NC. The third-order valence-electron chi connectivity index (χ3n) is 0.687. The molecule has 5 heteroatoms. The van der Waals surface area contributed by atoms with E-state index in [0.29, 0.717) is 11.7 Å². The lowest BCUT2D eigenvalue weighted by molar-refractivity contribution is 0.341. The quantitative estimate of drug-likeness (QED) is 0.266. The molecule has 0 aromatic carbocycles. The van der Waals surface area contributed by atoms with Crippen LogP contribution in [0.3, 0.4) is 0 Å². The van der Waals surface area contributed by atoms with E-state index in [-0.39, 0.29) is 0 Å². The Hall–Kier alpha value is -0.840. The van der Waals surface area contributed by atoms with E-state index < -0.39 is 0 Å². The van der Waals surface area contributed by atoms with Gasteiger partial charge in [0.25, 0.3) is 0 Å². The molecule has 2 N–H and O–H groups in total. The van der Waals surface area contributed by atoms with Gasteiger partial charge in [0.1, 0.15) is 0 Å². The lowest BCUT2D eigenvalue weighted by Gasteiger charge is -1.98. The molecule has 0 saturated carbocycles. The van der Waals surface area contributed by atoms with Crippen LogP contribution in [-0.2, 0) is 4.74 Å². The molecule has 10 heavy (non-hydrogen) atoms. The molecule has 0 saturated heterocycles. The van der Waals surface area contributed by atoms with Gasteiger partial charge in [-0.25, -0.2) is 0 Å². The van der Waals surface area contributed by atoms with Crippen LogP contribution in [0, 0.1) is 0 Å². The smallest absolute Gasteiger partial charge is 0.192 e. The van der Waals surface area contributed by atoms with Gasteiger partial charge in [0.05, 0.1) is 6.61 Å². The van der Waals surface area contributed by atoms with E-state index in [1.165, 1.54) is 6.40 Å². The number of nitrogens with one attached hydrogen (secondary N) is 2. The zero-order valence-electron chi connectivity index (χ0n) is 6.05. The van der Waals surface area contributed by atoms with E-state index in [2.05, 4.69) is 15.8 Å². The molecule has 0 unspecified atom stereocenters. The number of hydrogen-bond donors (Lipinski definition) is 2. The van der Waals surface area contributed by atoms with Crippen molar-refractivity contribution in [3.63, 3.8) is 0 Å². The molecular formula is C5H11N3OS. The van der Waals surface area contributed by atoms with Crippen LogP contribution in [-0.4, -0.2) is 25.2 Å². The van der Waals surface area contributed by atoms with Gasteiger partial charge in [0.15, 0.2) is 11.5 Å². The monoisotopic (exact) mass is 161 g/mol. The van der Waals surface area contributed by atoms with Gasteiger partial charge in [-0.05, 0) is 19.1 Å². The van der Waals surface area contributed by atoms with Crippen LogP contribution in [0.4, 0.5) is 0 Å². The summed E-state index contributed by atoms with van der Waals surface area (Å²) in [6.07, 6.45) is 1.31. The molecule has 0 amide bonds. The number of hydrazone groups is 1. The fraction of sp³-hybridized carbons (Fsp3) is 0.600. The van der Waals surface area contributed by atoms with Crippen molar-refractivity contribution in [2.24, 2.45) is 5.10 Å². The fourth-order valence-electron chi connectivity index (χ4n) is 0.253. The van der Waals surface area contributed by atoms with Crippen LogP contribution < -0.4 is 10.7 Å². The molecule has 0 heterocycles. The first-order valence-electron chi connectivity index (χ1n) is 2.92. The van der Waals surface area contributed by atoms with E-state index in [1.54, 1.807) is 7.05 Å². The Morgan fingerprint density at radius 1 is 1.80 bits per heavy atom. The molecule has 0 atom stereocenters. The van der Waals surface area contributed by atoms with Gasteiger partial charge in [-0.2, -0.15) is 0 Å². The zero-order valence-corrected chi connectivity index (χ0v) is 6.86. The summed E-state index contributed by atoms with van der Waals surface area (Å²) in [4.78, 5) is 0. The second kappa shape index (κ2) is 6.28. The minimum atomic E-state index is 0.468. The maximum Gasteiger partial charge on any atom is 0.192 e. The summed E-state index contributed by atoms with van der Waals surface area (Å²) >= 11 is 4.71. The van der Waals surface area contributed by atoms with Crippen molar-refractivity contribution in [1.29, 1.82) is 0 Å². The number of rotatable bonds is 3. The highest BCUT2D eigenvalue weighted by molar-refractivity contribution is 7.80. The summed E-state index contributed by atoms with van der Waals surface area (Å²) in [6.45, 7) is 2.49. The second-order valence-corrected chi connectivity index (χ2v) is 1.79. The number of thiocarbonyl (C=S) groups is 1. The van der Waals surface area contributed by atoms with Crippen LogP contribution >= 0.6 is 12.2 Å². The first-order chi connectivity index (χ1) is 4.81. The maximum atomic E-state index is 4.79. The highest BCUT2D eigenvalue weighted by Gasteiger charge is 1.82. The van der Waals surface area contributed by atoms with Crippen molar-refractivity contribution in [3.8, 4) is 0 Å². The van der Waals surface area contributed by atoms with E-state index in [1.807, 2.05) is 6.92 Å². The average molecular weight is 161 g/mol. The van der Waals surface area contributed by atoms with Gasteiger partial charge in [-0.1, -0.05) is 0 Å². The molecule has 0 aromatic heterocycles. The minimum absolute atomic E-state index is 0.468. The molecular weight excluding hydrogens is 150 g/mol. The lowest BCUT2D eigenvalue weighted by Crippen LogP contribution is -2.28. The molecule has 0 spiro atoms. The molecule has 0 rings (SSSR count). The molecule has 58 valence electrons. The first-order valence-corrected chi connectivity index (χ1v) is 3.33. The molecule has 0 fully saturated rings. The van der Waals surface area contributed by atoms with Crippen LogP contribution in [0.15, 0.2) is 5.10 Å². The van der Waals surface area contributed by atoms with Crippen LogP contribution in [0.5, 0.6) is 0 Å². The number of nitrogens with zero attached hydrogens (tertiary/aromatic N) is 1. The van der Waals surface area contributed by atoms with Gasteiger partial charge in [0, 0.05) is 7.05 Å². The van der Waals surface area contributed by atoms with Gasteiger partial charge < -0.3 is 10.1 Å². The Bertz CT molecular complexity index is 126. The highest BCUT2D eigenvalue weighted by atomic mass is 32.1. The average Bonchev–Trinajstić information content (AvgIpc) is 1.98. The van der Waals surface area contributed by atoms with Crippen molar-refractivity contribution in [2.45, 2.75) is 6.92 Å². The predicted octanol–water partition coefficient (Wildman–Crippen LogP) is 0.0601. The van der Waals surface area contributed by atoms with Gasteiger partial charge >= 0.3 is 0 Å². The zero-order chi connectivity index (χ0) is 7.82. The summed E-state index contributed by atoms with van der Waals surface area (Å²) in [5, 5.41) is 6.79. The normalized spacial score (nSPS) is 9.40. The molecule has 4 nitrogen and oxygen atoms in total. The van der Waals surface area contributed by atoms with Gasteiger partial charge in [-0.15, -0.1) is 5.10 Å². The van der Waals surface area contributed by atoms with Crippen molar-refractivity contribution < 1.29 is 4.74 Å². The Kier molecular flexibility index (Phi) is 5.75. The predicted molar refractivity (Wildman–Crippen MR) is 44.9 cm³/mol. The van der Waals surface area contributed by atoms with Crippen LogP contribution in [0.2, 0.25) is 0 Å². The molecule has 0 aliphatic rings. The second-order valence-electron chi connectivity index (χ2n) is 1.38. The van der Waals surface area contributed by atoms with Gasteiger partial charge in [0.2, 0.25) is 0 Å². The van der Waals surface area contributed by atoms with E-state index in [4.69, 9.17) is 17.0 Å². The third-order valence-corrected chi connectivity index (χ3v) is 0.982. The van der Waals surface area contributed by atoms with Crippen molar-refractivity contribution in [1.82, 2.24) is 10.7 Å². The van der Waals surface area contributed by atoms with E-state index in [9.17, 15) is 0 Å². The molecule has 0 aliphatic heterocycles. The summed E-state index contributed by atoms with van der Waals surface area (Å²) in [6, 6.07) is 0. The van der Waals surface area contributed by atoms with Crippen molar-refractivity contribution >= 4 is 23.7 Å². The Morgan fingerprint density at radius 3 is 3.00 bits per heavy atom. The standard InChI is InChI=1S/C5H11N3OS/c1-3-9-4-7-8-5(10)6-2/h4H,3H2,1-2H3,(H2,6,8,10). The summed E-state index contributed by atoms with van der Waals surface area (Å²) in [5.41, 5.74) is 2.53. The summed E-state index contributed by atoms with van der Waals surface area (Å²) in [7, 11) is 1.71. The molecule has 0 aromatic rings. The lowest BCUT2D eigenvalue weighted by atomic mass is 10.9. The van der Waals surface area contributed by atoms with Crippen molar-refractivity contribution in [2.75, 3.05) is 13.7 Å². The summed E-state index contributed by atoms with van der Waals surface area (Å²) in [5.74, 6) is 0. The van der Waals surface area contributed by atoms with Crippen molar-refractivity contribution in [3.05, 3.63) is 0 Å². The van der Waals surface area contributed by atoms with E-state index in [0.717, 1.165) is 0 Å². The largest absolute Gasteiger partial charge is 0.482 e. The van der Waals surface area contributed by atoms with Crippen LogP contribution in [0.25, 0.3) is 0 Å². The highest BCUT2D eigenvalue weighted by Crippen LogP contribution is 1.65.